The molecule has 260 valence electrons. The maximum Gasteiger partial charge on any atom is 0.310 e. The molecular formula is C29H47N5O11S. The minimum absolute atomic E-state index is 0.0465. The Morgan fingerprint density at radius 2 is 1.57 bits per heavy atom. The molecule has 1 fully saturated rings. The van der Waals surface area contributed by atoms with Crippen LogP contribution in [0.3, 0.4) is 0 Å². The number of carbonyl (C=O) groups excluding carboxylic acids is 5. The van der Waals surface area contributed by atoms with Crippen molar-refractivity contribution in [2.24, 2.45) is 11.8 Å². The van der Waals surface area contributed by atoms with Gasteiger partial charge in [0, 0.05) is 42.9 Å². The Balaban J connectivity index is 0.00000263. The number of rotatable bonds is 13. The van der Waals surface area contributed by atoms with E-state index in [2.05, 4.69) is 21.3 Å². The predicted molar refractivity (Wildman–Crippen MR) is 169 cm³/mol. The van der Waals surface area contributed by atoms with Crippen LogP contribution < -0.4 is 21.3 Å². The molecule has 2 rings (SSSR count). The Hall–Kier alpha value is -4.09. The molecule has 1 aromatic rings. The lowest BCUT2D eigenvalue weighted by Gasteiger charge is -2.37. The third-order valence-electron chi connectivity index (χ3n) is 5.93. The van der Waals surface area contributed by atoms with Crippen molar-refractivity contribution < 1.29 is 51.6 Å². The molecule has 4 amide bonds. The first-order valence-electron chi connectivity index (χ1n) is 14.6. The van der Waals surface area contributed by atoms with Crippen LogP contribution in [0.5, 0.6) is 0 Å². The van der Waals surface area contributed by atoms with E-state index in [0.29, 0.717) is 11.8 Å². The highest BCUT2D eigenvalue weighted by Crippen LogP contribution is 2.24. The Kier molecular flexibility index (Phi) is 18.3. The van der Waals surface area contributed by atoms with E-state index in [1.807, 2.05) is 27.7 Å². The summed E-state index contributed by atoms with van der Waals surface area (Å²) in [5, 5.41) is 19.8. The molecule has 1 unspecified atom stereocenters. The quantitative estimate of drug-likeness (QED) is 0.125. The van der Waals surface area contributed by atoms with Crippen LogP contribution in [0.1, 0.15) is 64.4 Å². The maximum atomic E-state index is 13.0. The number of carboxylic acid groups (broad SMARTS) is 1. The average Bonchev–Trinajstić information content (AvgIpc) is 2.91. The summed E-state index contributed by atoms with van der Waals surface area (Å²) >= 11 is 0. The lowest BCUT2D eigenvalue weighted by atomic mass is 9.97. The number of hydrogen-bond acceptors (Lipinski definition) is 10. The van der Waals surface area contributed by atoms with Crippen LogP contribution in [0.25, 0.3) is 0 Å². The van der Waals surface area contributed by atoms with Crippen molar-refractivity contribution in [2.45, 2.75) is 67.2 Å². The Morgan fingerprint density at radius 1 is 1.00 bits per heavy atom. The van der Waals surface area contributed by atoms with Crippen LogP contribution in [0.4, 0.5) is 5.69 Å². The minimum atomic E-state index is -3.67. The number of likely N-dealkylation sites (tertiary alicyclic amines) is 1. The van der Waals surface area contributed by atoms with Gasteiger partial charge in [-0.1, -0.05) is 47.6 Å². The normalized spacial score (nSPS) is 13.2. The zero-order chi connectivity index (χ0) is 35.8. The third kappa shape index (κ3) is 16.8. The molecule has 17 heteroatoms. The van der Waals surface area contributed by atoms with Gasteiger partial charge in [-0.3, -0.25) is 33.3 Å². The maximum absolute atomic E-state index is 13.0. The zero-order valence-corrected chi connectivity index (χ0v) is 28.3. The SMILES string of the molecule is CC.CC(=O)OCc1ccc(NC(=O)CNC(=O)C(NC(=O)CNC(C)C)C(C)C)cc1C(=O)N1CC(C(=O)O)C1.CS(=O)(=O)O. The highest BCUT2D eigenvalue weighted by Gasteiger charge is 2.36. The van der Waals surface area contributed by atoms with Crippen molar-refractivity contribution in [3.8, 4) is 0 Å². The van der Waals surface area contributed by atoms with Crippen LogP contribution in [-0.2, 0) is 45.4 Å². The second-order valence-corrected chi connectivity index (χ2v) is 12.2. The van der Waals surface area contributed by atoms with E-state index in [4.69, 9.17) is 14.4 Å². The molecule has 0 bridgehead atoms. The number of hydrogen-bond donors (Lipinski definition) is 6. The fourth-order valence-electron chi connectivity index (χ4n) is 3.67. The fraction of sp³-hybridized carbons (Fsp3) is 0.586. The molecule has 0 saturated carbocycles. The van der Waals surface area contributed by atoms with E-state index in [9.17, 15) is 37.2 Å². The first-order chi connectivity index (χ1) is 21.3. The van der Waals surface area contributed by atoms with E-state index >= 15 is 0 Å². The molecule has 16 nitrogen and oxygen atoms in total. The van der Waals surface area contributed by atoms with E-state index in [0.717, 1.165) is 0 Å². The second-order valence-electron chi connectivity index (χ2n) is 10.7. The van der Waals surface area contributed by atoms with Gasteiger partial charge in [-0.05, 0) is 18.1 Å². The Bertz CT molecular complexity index is 1320. The van der Waals surface area contributed by atoms with Crippen molar-refractivity contribution in [3.05, 3.63) is 29.3 Å². The Labute approximate surface area is 269 Å². The number of nitrogens with one attached hydrogen (secondary N) is 4. The molecule has 0 spiro atoms. The van der Waals surface area contributed by atoms with E-state index < -0.39 is 51.7 Å². The molecule has 1 aliphatic heterocycles. The van der Waals surface area contributed by atoms with Crippen molar-refractivity contribution >= 4 is 51.4 Å². The van der Waals surface area contributed by atoms with Gasteiger partial charge >= 0.3 is 11.9 Å². The summed E-state index contributed by atoms with van der Waals surface area (Å²) in [6.07, 6.45) is 0.715. The van der Waals surface area contributed by atoms with Gasteiger partial charge in [-0.2, -0.15) is 8.42 Å². The standard InChI is InChI=1S/C26H37N5O8.C2H6.CH4O3S/c1-14(2)23(30-22(34)9-27-15(3)4)24(35)28-10-21(33)29-19-7-6-17(13-39-16(5)32)20(8-19)25(36)31-11-18(12-31)26(37)38;1-2;1-5(2,3)4/h6-8,14-15,18,23,27H,9-13H2,1-5H3,(H,28,35)(H,29,33)(H,30,34)(H,37,38);1-2H3;1H3,(H,2,3,4). The summed E-state index contributed by atoms with van der Waals surface area (Å²) in [6, 6.07) is 3.71. The van der Waals surface area contributed by atoms with Crippen LogP contribution in [-0.4, -0.2) is 103 Å². The van der Waals surface area contributed by atoms with Gasteiger partial charge in [0.1, 0.15) is 12.6 Å². The van der Waals surface area contributed by atoms with Crippen molar-refractivity contribution in [3.63, 3.8) is 0 Å². The van der Waals surface area contributed by atoms with Gasteiger partial charge in [0.15, 0.2) is 0 Å². The fourth-order valence-corrected chi connectivity index (χ4v) is 3.67. The molecule has 6 N–H and O–H groups in total. The largest absolute Gasteiger partial charge is 0.481 e. The van der Waals surface area contributed by atoms with Gasteiger partial charge in [0.25, 0.3) is 16.0 Å². The molecule has 1 saturated heterocycles. The second kappa shape index (κ2) is 20.1. The smallest absolute Gasteiger partial charge is 0.310 e. The highest BCUT2D eigenvalue weighted by atomic mass is 32.2. The molecule has 0 radical (unpaired) electrons. The van der Waals surface area contributed by atoms with Gasteiger partial charge in [-0.15, -0.1) is 0 Å². The molecular weight excluding hydrogens is 626 g/mol. The summed E-state index contributed by atoms with van der Waals surface area (Å²) < 4.78 is 30.9. The monoisotopic (exact) mass is 673 g/mol. The third-order valence-corrected chi connectivity index (χ3v) is 5.93. The molecule has 46 heavy (non-hydrogen) atoms. The molecule has 1 atom stereocenters. The summed E-state index contributed by atoms with van der Waals surface area (Å²) in [7, 11) is -3.67. The number of nitrogens with zero attached hydrogens (tertiary/aromatic N) is 1. The number of aliphatic carboxylic acids is 1. The molecule has 0 aromatic heterocycles. The van der Waals surface area contributed by atoms with Crippen molar-refractivity contribution in [1.29, 1.82) is 0 Å². The first kappa shape index (κ1) is 41.9. The summed E-state index contributed by atoms with van der Waals surface area (Å²) in [5.74, 6) is -4.29. The lowest BCUT2D eigenvalue weighted by molar-refractivity contribution is -0.146. The average molecular weight is 674 g/mol. The van der Waals surface area contributed by atoms with Gasteiger partial charge in [0.05, 0.1) is 25.3 Å². The van der Waals surface area contributed by atoms with Crippen LogP contribution in [0.15, 0.2) is 18.2 Å². The highest BCUT2D eigenvalue weighted by molar-refractivity contribution is 7.85. The number of esters is 1. The summed E-state index contributed by atoms with van der Waals surface area (Å²) in [4.78, 5) is 74.1. The summed E-state index contributed by atoms with van der Waals surface area (Å²) in [5.41, 5.74) is 0.801. The molecule has 1 heterocycles. The first-order valence-corrected chi connectivity index (χ1v) is 16.4. The van der Waals surface area contributed by atoms with Crippen molar-refractivity contribution in [1.82, 2.24) is 20.9 Å². The minimum Gasteiger partial charge on any atom is -0.481 e. The number of carboxylic acids is 1. The topological polar surface area (TPSA) is 238 Å². The molecule has 1 aliphatic rings. The number of carbonyl (C=O) groups is 6. The summed E-state index contributed by atoms with van der Waals surface area (Å²) in [6.45, 7) is 12.1. The van der Waals surface area contributed by atoms with Crippen molar-refractivity contribution in [2.75, 3.05) is 37.8 Å². The zero-order valence-electron chi connectivity index (χ0n) is 27.5. The number of amides is 4. The predicted octanol–water partition coefficient (Wildman–Crippen LogP) is 0.630. The van der Waals surface area contributed by atoms with Gasteiger partial charge < -0.3 is 36.0 Å². The molecule has 0 aliphatic carbocycles. The van der Waals surface area contributed by atoms with Gasteiger partial charge in [0.2, 0.25) is 17.7 Å². The van der Waals surface area contributed by atoms with Crippen LogP contribution >= 0.6 is 0 Å². The van der Waals surface area contributed by atoms with Crippen LogP contribution in [0, 0.1) is 11.8 Å². The van der Waals surface area contributed by atoms with E-state index in [-0.39, 0.29) is 61.9 Å². The van der Waals surface area contributed by atoms with Crippen LogP contribution in [0.2, 0.25) is 0 Å². The Morgan fingerprint density at radius 3 is 2.04 bits per heavy atom. The van der Waals surface area contributed by atoms with E-state index in [1.165, 1.54) is 30.0 Å². The number of anilines is 1. The lowest BCUT2D eigenvalue weighted by Crippen LogP contribution is -2.53. The molecule has 1 aromatic carbocycles. The van der Waals surface area contributed by atoms with Gasteiger partial charge in [-0.25, -0.2) is 0 Å². The van der Waals surface area contributed by atoms with E-state index in [1.54, 1.807) is 13.8 Å². The number of benzene rings is 1. The number of ether oxygens (including phenoxy) is 1.